The second kappa shape index (κ2) is 10.3. The van der Waals surface area contributed by atoms with Crippen LogP contribution in [0.15, 0.2) is 168 Å². The minimum atomic E-state index is 0.915. The molecule has 0 aliphatic carbocycles. The Hall–Kier alpha value is -5.90. The first-order chi connectivity index (χ1) is 23.3. The first-order valence-electron chi connectivity index (χ1n) is 15.9. The van der Waals surface area contributed by atoms with Crippen molar-refractivity contribution in [1.82, 2.24) is 0 Å². The average molecular weight is 618 g/mol. The molecule has 8 aromatic carbocycles. The van der Waals surface area contributed by atoms with Gasteiger partial charge in [-0.15, -0.1) is 11.3 Å². The number of anilines is 3. The van der Waals surface area contributed by atoms with Crippen molar-refractivity contribution in [2.45, 2.75) is 0 Å². The molecule has 0 aliphatic heterocycles. The Kier molecular flexibility index (Phi) is 5.78. The molecule has 0 fully saturated rings. The van der Waals surface area contributed by atoms with Gasteiger partial charge in [-0.3, -0.25) is 0 Å². The number of nitrogens with zero attached hydrogens (tertiary/aromatic N) is 1. The lowest BCUT2D eigenvalue weighted by Crippen LogP contribution is -2.09. The van der Waals surface area contributed by atoms with Gasteiger partial charge in [0.05, 0.1) is 0 Å². The molecule has 0 amide bonds. The van der Waals surface area contributed by atoms with Crippen LogP contribution in [-0.4, -0.2) is 0 Å². The maximum atomic E-state index is 6.39. The highest BCUT2D eigenvalue weighted by Crippen LogP contribution is 2.43. The molecule has 0 spiro atoms. The molecule has 3 heteroatoms. The van der Waals surface area contributed by atoms with E-state index in [1.807, 2.05) is 23.5 Å². The van der Waals surface area contributed by atoms with Crippen LogP contribution in [0.3, 0.4) is 0 Å². The fourth-order valence-electron chi connectivity index (χ4n) is 7.19. The number of hydrogen-bond acceptors (Lipinski definition) is 3. The van der Waals surface area contributed by atoms with Gasteiger partial charge in [-0.2, -0.15) is 0 Å². The van der Waals surface area contributed by atoms with Gasteiger partial charge in [0.15, 0.2) is 0 Å². The molecule has 2 heterocycles. The topological polar surface area (TPSA) is 16.4 Å². The van der Waals surface area contributed by atoms with Gasteiger partial charge in [0, 0.05) is 53.6 Å². The number of hydrogen-bond donors (Lipinski definition) is 0. The number of benzene rings is 8. The lowest BCUT2D eigenvalue weighted by molar-refractivity contribution is 0.670. The monoisotopic (exact) mass is 617 g/mol. The molecule has 2 nitrogen and oxygen atoms in total. The van der Waals surface area contributed by atoms with Gasteiger partial charge in [0.2, 0.25) is 0 Å². The van der Waals surface area contributed by atoms with Gasteiger partial charge in [-0.1, -0.05) is 109 Å². The van der Waals surface area contributed by atoms with E-state index in [2.05, 4.69) is 157 Å². The molecule has 10 rings (SSSR count). The predicted octanol–water partition coefficient (Wildman–Crippen LogP) is 13.4. The van der Waals surface area contributed by atoms with Crippen molar-refractivity contribution in [2.24, 2.45) is 0 Å². The summed E-state index contributed by atoms with van der Waals surface area (Å²) in [7, 11) is 0. The van der Waals surface area contributed by atoms with Crippen LogP contribution < -0.4 is 4.90 Å². The molecule has 0 radical (unpaired) electrons. The number of thiophene rings is 1. The van der Waals surface area contributed by atoms with Gasteiger partial charge in [0.1, 0.15) is 11.2 Å². The van der Waals surface area contributed by atoms with Crippen LogP contribution in [-0.2, 0) is 0 Å². The van der Waals surface area contributed by atoms with Crippen LogP contribution in [0.2, 0.25) is 0 Å². The minimum absolute atomic E-state index is 0.915. The maximum absolute atomic E-state index is 6.39. The van der Waals surface area contributed by atoms with Crippen molar-refractivity contribution in [3.63, 3.8) is 0 Å². The van der Waals surface area contributed by atoms with E-state index in [9.17, 15) is 0 Å². The SMILES string of the molecule is c1ccc2c(c1)ccc1ccc(N(c3ccc(-c4cccc5c4oc4ccccc45)cc3)c3ccc4sc5ccccc5c4c3)cc12. The van der Waals surface area contributed by atoms with E-state index in [0.29, 0.717) is 0 Å². The normalized spacial score (nSPS) is 11.8. The fourth-order valence-corrected chi connectivity index (χ4v) is 8.28. The summed E-state index contributed by atoms with van der Waals surface area (Å²) < 4.78 is 9.00. The molecular formula is C44H27NOS. The van der Waals surface area contributed by atoms with Gasteiger partial charge < -0.3 is 9.32 Å². The number of fused-ring (bicyclic) bond motifs is 9. The second-order valence-electron chi connectivity index (χ2n) is 12.1. The summed E-state index contributed by atoms with van der Waals surface area (Å²) in [5, 5.41) is 9.87. The van der Waals surface area contributed by atoms with Crippen molar-refractivity contribution >= 4 is 92.1 Å². The van der Waals surface area contributed by atoms with Gasteiger partial charge >= 0.3 is 0 Å². The van der Waals surface area contributed by atoms with Gasteiger partial charge in [-0.25, -0.2) is 0 Å². The lowest BCUT2D eigenvalue weighted by atomic mass is 10.00. The van der Waals surface area contributed by atoms with Crippen molar-refractivity contribution in [1.29, 1.82) is 0 Å². The van der Waals surface area contributed by atoms with Crippen LogP contribution in [0, 0.1) is 0 Å². The first-order valence-corrected chi connectivity index (χ1v) is 16.7. The number of furan rings is 1. The molecule has 0 atom stereocenters. The highest BCUT2D eigenvalue weighted by Gasteiger charge is 2.17. The van der Waals surface area contributed by atoms with Crippen LogP contribution >= 0.6 is 11.3 Å². The van der Waals surface area contributed by atoms with Crippen LogP contribution in [0.1, 0.15) is 0 Å². The molecule has 47 heavy (non-hydrogen) atoms. The molecule has 0 aliphatic rings. The summed E-state index contributed by atoms with van der Waals surface area (Å²) in [6, 6.07) is 59.1. The average Bonchev–Trinajstić information content (AvgIpc) is 3.70. The molecular weight excluding hydrogens is 591 g/mol. The van der Waals surface area contributed by atoms with Crippen LogP contribution in [0.5, 0.6) is 0 Å². The largest absolute Gasteiger partial charge is 0.455 e. The highest BCUT2D eigenvalue weighted by atomic mass is 32.1. The fraction of sp³-hybridized carbons (Fsp3) is 0. The Labute approximate surface area is 275 Å². The molecule has 10 aromatic rings. The Morgan fingerprint density at radius 2 is 1.02 bits per heavy atom. The molecule has 0 N–H and O–H groups in total. The standard InChI is InChI=1S/C44H27NOS/c1-2-9-34-28(8-1)16-17-30-20-23-32(26-39(30)34)45(33-24-25-43-40(27-33)37-11-4-6-15-42(37)47-43)31-21-18-29(19-22-31)35-12-7-13-38-36-10-3-5-14-41(36)46-44(35)38/h1-27H. The summed E-state index contributed by atoms with van der Waals surface area (Å²) in [6.45, 7) is 0. The van der Waals surface area contributed by atoms with Crippen molar-refractivity contribution < 1.29 is 4.42 Å². The van der Waals surface area contributed by atoms with Crippen molar-refractivity contribution in [3.05, 3.63) is 164 Å². The summed E-state index contributed by atoms with van der Waals surface area (Å²) >= 11 is 1.85. The Morgan fingerprint density at radius 1 is 0.404 bits per heavy atom. The third-order valence-corrected chi connectivity index (χ3v) is 10.6. The Morgan fingerprint density at radius 3 is 1.89 bits per heavy atom. The summed E-state index contributed by atoms with van der Waals surface area (Å²) in [5.41, 5.74) is 7.42. The zero-order valence-corrected chi connectivity index (χ0v) is 26.2. The summed E-state index contributed by atoms with van der Waals surface area (Å²) in [5.74, 6) is 0. The minimum Gasteiger partial charge on any atom is -0.455 e. The smallest absolute Gasteiger partial charge is 0.143 e. The molecule has 220 valence electrons. The lowest BCUT2D eigenvalue weighted by Gasteiger charge is -2.26. The highest BCUT2D eigenvalue weighted by molar-refractivity contribution is 7.25. The van der Waals surface area contributed by atoms with E-state index in [4.69, 9.17) is 4.42 Å². The van der Waals surface area contributed by atoms with Crippen molar-refractivity contribution in [3.8, 4) is 11.1 Å². The van der Waals surface area contributed by atoms with Crippen LogP contribution in [0.25, 0.3) is 74.8 Å². The van der Waals surface area contributed by atoms with Gasteiger partial charge in [-0.05, 0) is 81.7 Å². The Balaban J connectivity index is 1.16. The third kappa shape index (κ3) is 4.17. The van der Waals surface area contributed by atoms with E-state index in [1.165, 1.54) is 41.7 Å². The van der Waals surface area contributed by atoms with Crippen LogP contribution in [0.4, 0.5) is 17.1 Å². The first kappa shape index (κ1) is 26.3. The molecule has 0 saturated heterocycles. The number of para-hydroxylation sites is 2. The predicted molar refractivity (Wildman–Crippen MR) is 202 cm³/mol. The van der Waals surface area contributed by atoms with E-state index >= 15 is 0 Å². The molecule has 0 unspecified atom stereocenters. The molecule has 0 saturated carbocycles. The summed E-state index contributed by atoms with van der Waals surface area (Å²) in [4.78, 5) is 2.39. The van der Waals surface area contributed by atoms with Gasteiger partial charge in [0.25, 0.3) is 0 Å². The van der Waals surface area contributed by atoms with E-state index < -0.39 is 0 Å². The Bertz CT molecular complexity index is 2810. The molecule has 2 aromatic heterocycles. The number of rotatable bonds is 4. The molecule has 0 bridgehead atoms. The quantitative estimate of drug-likeness (QED) is 0.183. The van der Waals surface area contributed by atoms with E-state index in [1.54, 1.807) is 0 Å². The zero-order valence-electron chi connectivity index (χ0n) is 25.4. The van der Waals surface area contributed by atoms with E-state index in [0.717, 1.165) is 50.1 Å². The zero-order chi connectivity index (χ0) is 30.9. The maximum Gasteiger partial charge on any atom is 0.143 e. The van der Waals surface area contributed by atoms with Crippen molar-refractivity contribution in [2.75, 3.05) is 4.90 Å². The van der Waals surface area contributed by atoms with E-state index in [-0.39, 0.29) is 0 Å². The summed E-state index contributed by atoms with van der Waals surface area (Å²) in [6.07, 6.45) is 0. The second-order valence-corrected chi connectivity index (χ2v) is 13.2. The third-order valence-electron chi connectivity index (χ3n) is 9.45.